The summed E-state index contributed by atoms with van der Waals surface area (Å²) in [6.07, 6.45) is 0. The number of rotatable bonds is 2. The average molecular weight is 275 g/mol. The lowest BCUT2D eigenvalue weighted by molar-refractivity contribution is -0.118. The van der Waals surface area contributed by atoms with Crippen molar-refractivity contribution in [3.63, 3.8) is 0 Å². The van der Waals surface area contributed by atoms with Gasteiger partial charge >= 0.3 is 0 Å². The van der Waals surface area contributed by atoms with Gasteiger partial charge in [0, 0.05) is 12.1 Å². The number of nitrogen functional groups attached to an aromatic ring is 1. The number of carbonyl (C=O) groups is 1. The summed E-state index contributed by atoms with van der Waals surface area (Å²) in [5.74, 6) is 0.488. The fraction of sp³-hybridized carbons (Fsp3) is 0.533. The van der Waals surface area contributed by atoms with Crippen molar-refractivity contribution in [2.75, 3.05) is 23.0 Å². The van der Waals surface area contributed by atoms with Crippen molar-refractivity contribution in [1.82, 2.24) is 0 Å². The molecule has 1 amide bonds. The maximum atomic E-state index is 11.4. The number of ether oxygens (including phenoxy) is 1. The molecule has 2 aliphatic rings. The van der Waals surface area contributed by atoms with Gasteiger partial charge in [0.05, 0.1) is 17.1 Å². The maximum absolute atomic E-state index is 11.4. The smallest absolute Gasteiger partial charge is 0.262 e. The van der Waals surface area contributed by atoms with E-state index >= 15 is 0 Å². The number of nitrogens with two attached hydrogens (primary N) is 1. The van der Waals surface area contributed by atoms with E-state index in [-0.39, 0.29) is 23.3 Å². The van der Waals surface area contributed by atoms with Crippen LogP contribution in [0.2, 0.25) is 0 Å². The van der Waals surface area contributed by atoms with Gasteiger partial charge in [0.1, 0.15) is 5.75 Å². The molecule has 20 heavy (non-hydrogen) atoms. The average Bonchev–Trinajstić information content (AvgIpc) is 2.73. The zero-order valence-corrected chi connectivity index (χ0v) is 12.3. The fourth-order valence-electron chi connectivity index (χ4n) is 2.98. The SMILES string of the molecule is CC1(C)C(Nc2cc3c(cc2N)OCC(=O)N3)C1(C)C. The number of benzene rings is 1. The summed E-state index contributed by atoms with van der Waals surface area (Å²) in [6, 6.07) is 3.97. The van der Waals surface area contributed by atoms with Crippen LogP contribution in [0.15, 0.2) is 12.1 Å². The Morgan fingerprint density at radius 2 is 1.95 bits per heavy atom. The molecule has 3 rings (SSSR count). The largest absolute Gasteiger partial charge is 0.482 e. The number of amides is 1. The highest BCUT2D eigenvalue weighted by atomic mass is 16.5. The molecule has 1 saturated carbocycles. The molecule has 0 radical (unpaired) electrons. The number of carbonyl (C=O) groups excluding carboxylic acids is 1. The summed E-state index contributed by atoms with van der Waals surface area (Å²) in [7, 11) is 0. The van der Waals surface area contributed by atoms with E-state index in [1.54, 1.807) is 6.07 Å². The second kappa shape index (κ2) is 3.81. The first-order valence-electron chi connectivity index (χ1n) is 6.86. The van der Waals surface area contributed by atoms with Gasteiger partial charge < -0.3 is 21.1 Å². The third-order valence-corrected chi connectivity index (χ3v) is 5.11. The zero-order valence-electron chi connectivity index (χ0n) is 12.3. The predicted molar refractivity (Wildman–Crippen MR) is 80.0 cm³/mol. The van der Waals surface area contributed by atoms with Gasteiger partial charge in [-0.25, -0.2) is 0 Å². The van der Waals surface area contributed by atoms with E-state index in [0.29, 0.717) is 23.2 Å². The number of nitrogens with one attached hydrogen (secondary N) is 2. The molecule has 5 heteroatoms. The molecule has 4 N–H and O–H groups in total. The lowest BCUT2D eigenvalue weighted by Gasteiger charge is -2.21. The van der Waals surface area contributed by atoms with E-state index in [1.165, 1.54) is 0 Å². The Hall–Kier alpha value is -1.91. The van der Waals surface area contributed by atoms with Crippen LogP contribution < -0.4 is 21.1 Å². The lowest BCUT2D eigenvalue weighted by Crippen LogP contribution is -2.25. The normalized spacial score (nSPS) is 22.5. The van der Waals surface area contributed by atoms with Crippen molar-refractivity contribution in [3.05, 3.63) is 12.1 Å². The van der Waals surface area contributed by atoms with Crippen LogP contribution in [0, 0.1) is 10.8 Å². The number of anilines is 3. The van der Waals surface area contributed by atoms with Crippen LogP contribution in [0.1, 0.15) is 27.7 Å². The molecule has 0 unspecified atom stereocenters. The third-order valence-electron chi connectivity index (χ3n) is 5.11. The molecule has 0 spiro atoms. The van der Waals surface area contributed by atoms with Crippen molar-refractivity contribution in [2.45, 2.75) is 33.7 Å². The van der Waals surface area contributed by atoms with Crippen LogP contribution in [-0.2, 0) is 4.79 Å². The second-order valence-electron chi connectivity index (χ2n) is 6.79. The molecule has 0 bridgehead atoms. The van der Waals surface area contributed by atoms with Gasteiger partial charge in [-0.15, -0.1) is 0 Å². The summed E-state index contributed by atoms with van der Waals surface area (Å²) >= 11 is 0. The minimum atomic E-state index is -0.139. The first kappa shape index (κ1) is 13.1. The van der Waals surface area contributed by atoms with Crippen LogP contribution in [-0.4, -0.2) is 18.6 Å². The molecule has 108 valence electrons. The number of fused-ring (bicyclic) bond motifs is 1. The van der Waals surface area contributed by atoms with Crippen molar-refractivity contribution >= 4 is 23.0 Å². The molecule has 1 fully saturated rings. The van der Waals surface area contributed by atoms with Crippen molar-refractivity contribution in [1.29, 1.82) is 0 Å². The molecule has 1 aromatic carbocycles. The van der Waals surface area contributed by atoms with Gasteiger partial charge in [-0.1, -0.05) is 27.7 Å². The summed E-state index contributed by atoms with van der Waals surface area (Å²) in [6.45, 7) is 9.00. The highest BCUT2D eigenvalue weighted by Gasteiger charge is 2.65. The van der Waals surface area contributed by atoms with Crippen LogP contribution in [0.3, 0.4) is 0 Å². The summed E-state index contributed by atoms with van der Waals surface area (Å²) < 4.78 is 5.35. The van der Waals surface area contributed by atoms with Crippen LogP contribution in [0.5, 0.6) is 5.75 Å². The highest BCUT2D eigenvalue weighted by molar-refractivity contribution is 5.97. The van der Waals surface area contributed by atoms with Gasteiger partial charge in [0.2, 0.25) is 0 Å². The van der Waals surface area contributed by atoms with Gasteiger partial charge in [0.15, 0.2) is 6.61 Å². The summed E-state index contributed by atoms with van der Waals surface area (Å²) in [5, 5.41) is 6.30. The van der Waals surface area contributed by atoms with Gasteiger partial charge in [-0.2, -0.15) is 0 Å². The molecule has 1 aliphatic heterocycles. The molecule has 0 saturated heterocycles. The molecular weight excluding hydrogens is 254 g/mol. The molecule has 0 atom stereocenters. The molecule has 5 nitrogen and oxygen atoms in total. The van der Waals surface area contributed by atoms with Crippen LogP contribution in [0.4, 0.5) is 17.1 Å². The summed E-state index contributed by atoms with van der Waals surface area (Å²) in [5.41, 5.74) is 8.67. The Morgan fingerprint density at radius 3 is 2.55 bits per heavy atom. The molecule has 1 aromatic rings. The zero-order chi connectivity index (χ0) is 14.7. The minimum Gasteiger partial charge on any atom is -0.482 e. The standard InChI is InChI=1S/C15H21N3O2/c1-14(2)13(15(14,3)4)18-9-6-10-11(5-8(9)16)20-7-12(19)17-10/h5-6,13,18H,7,16H2,1-4H3,(H,17,19). The van der Waals surface area contributed by atoms with Gasteiger partial charge in [-0.05, 0) is 16.9 Å². The van der Waals surface area contributed by atoms with E-state index < -0.39 is 0 Å². The topological polar surface area (TPSA) is 76.4 Å². The second-order valence-corrected chi connectivity index (χ2v) is 6.79. The third kappa shape index (κ3) is 1.72. The van der Waals surface area contributed by atoms with Crippen molar-refractivity contribution in [2.24, 2.45) is 10.8 Å². The molecule has 1 aliphatic carbocycles. The minimum absolute atomic E-state index is 0.0436. The van der Waals surface area contributed by atoms with Crippen LogP contribution >= 0.6 is 0 Å². The molecular formula is C15H21N3O2. The number of hydrogen-bond acceptors (Lipinski definition) is 4. The number of hydrogen-bond donors (Lipinski definition) is 3. The Balaban J connectivity index is 1.88. The molecule has 0 aromatic heterocycles. The predicted octanol–water partition coefficient (Wildman–Crippen LogP) is 2.45. The quantitative estimate of drug-likeness (QED) is 0.725. The summed E-state index contributed by atoms with van der Waals surface area (Å²) in [4.78, 5) is 11.4. The van der Waals surface area contributed by atoms with Gasteiger partial charge in [0.25, 0.3) is 5.91 Å². The first-order chi connectivity index (χ1) is 9.23. The van der Waals surface area contributed by atoms with E-state index in [9.17, 15) is 4.79 Å². The highest BCUT2D eigenvalue weighted by Crippen LogP contribution is 2.64. The van der Waals surface area contributed by atoms with E-state index in [1.807, 2.05) is 6.07 Å². The van der Waals surface area contributed by atoms with Crippen LogP contribution in [0.25, 0.3) is 0 Å². The van der Waals surface area contributed by atoms with Gasteiger partial charge in [-0.3, -0.25) is 4.79 Å². The first-order valence-corrected chi connectivity index (χ1v) is 6.86. The Bertz CT molecular complexity index is 579. The van der Waals surface area contributed by atoms with E-state index in [2.05, 4.69) is 38.3 Å². The Morgan fingerprint density at radius 1 is 1.30 bits per heavy atom. The van der Waals surface area contributed by atoms with E-state index in [4.69, 9.17) is 10.5 Å². The van der Waals surface area contributed by atoms with Crippen molar-refractivity contribution < 1.29 is 9.53 Å². The molecule has 1 heterocycles. The maximum Gasteiger partial charge on any atom is 0.262 e. The van der Waals surface area contributed by atoms with E-state index in [0.717, 1.165) is 5.69 Å². The Kier molecular flexibility index (Phi) is 2.49. The fourth-order valence-corrected chi connectivity index (χ4v) is 2.98. The lowest BCUT2D eigenvalue weighted by atomic mass is 10.0. The van der Waals surface area contributed by atoms with Crippen molar-refractivity contribution in [3.8, 4) is 5.75 Å². The monoisotopic (exact) mass is 275 g/mol. The Labute approximate surface area is 118 Å².